The van der Waals surface area contributed by atoms with Crippen molar-refractivity contribution in [2.45, 2.75) is 76.3 Å². The molecule has 8 heteroatoms. The van der Waals surface area contributed by atoms with Crippen LogP contribution in [0.15, 0.2) is 45.3 Å². The molecular formula is C36H28Br2N2O4. The lowest BCUT2D eigenvalue weighted by molar-refractivity contribution is 0.0487. The summed E-state index contributed by atoms with van der Waals surface area (Å²) in [7, 11) is 0. The Labute approximate surface area is 270 Å². The highest BCUT2D eigenvalue weighted by atomic mass is 79.9. The minimum atomic E-state index is -0.229. The summed E-state index contributed by atoms with van der Waals surface area (Å²) in [5.74, 6) is -0.896. The molecule has 0 saturated heterocycles. The average molecular weight is 712 g/mol. The van der Waals surface area contributed by atoms with Crippen molar-refractivity contribution in [1.29, 1.82) is 0 Å². The molecule has 220 valence electrons. The van der Waals surface area contributed by atoms with Crippen LogP contribution in [0.4, 0.5) is 0 Å². The summed E-state index contributed by atoms with van der Waals surface area (Å²) >= 11 is 7.65. The van der Waals surface area contributed by atoms with Gasteiger partial charge in [0.2, 0.25) is 0 Å². The Balaban J connectivity index is 1.34. The Hall–Kier alpha value is -3.36. The van der Waals surface area contributed by atoms with Crippen molar-refractivity contribution in [2.75, 3.05) is 0 Å². The third-order valence-corrected chi connectivity index (χ3v) is 11.9. The van der Waals surface area contributed by atoms with Crippen molar-refractivity contribution in [1.82, 2.24) is 9.80 Å². The molecule has 0 bridgehead atoms. The first kappa shape index (κ1) is 27.0. The van der Waals surface area contributed by atoms with E-state index in [-0.39, 0.29) is 35.7 Å². The molecule has 5 aromatic carbocycles. The van der Waals surface area contributed by atoms with Crippen LogP contribution in [0, 0.1) is 0 Å². The topological polar surface area (TPSA) is 74.8 Å². The van der Waals surface area contributed by atoms with E-state index in [0.29, 0.717) is 33.0 Å². The molecule has 0 radical (unpaired) electrons. The highest BCUT2D eigenvalue weighted by Crippen LogP contribution is 2.51. The van der Waals surface area contributed by atoms with E-state index in [0.717, 1.165) is 105 Å². The van der Waals surface area contributed by atoms with Crippen LogP contribution in [-0.4, -0.2) is 45.5 Å². The van der Waals surface area contributed by atoms with Gasteiger partial charge in [0.25, 0.3) is 23.6 Å². The van der Waals surface area contributed by atoms with Gasteiger partial charge in [-0.1, -0.05) is 82.5 Å². The van der Waals surface area contributed by atoms with E-state index < -0.39 is 0 Å². The lowest BCUT2D eigenvalue weighted by Gasteiger charge is -2.37. The van der Waals surface area contributed by atoms with Gasteiger partial charge in [-0.05, 0) is 60.7 Å². The monoisotopic (exact) mass is 710 g/mol. The molecule has 0 N–H and O–H groups in total. The maximum atomic E-state index is 14.1. The number of nitrogens with zero attached hydrogens (tertiary/aromatic N) is 2. The maximum absolute atomic E-state index is 14.1. The standard InChI is InChI=1S/C36H28Br2N2O4/c37-25-15-23-27-21(33(41)39(35(23)43)17-7-3-1-4-8-17)13-11-19-30-26(38)16-24-28-22(14-12-20(32(28)30)29(25)31(19)27)34(42)40(36(24)44)18-9-5-2-6-10-18/h11-18H,1-10H2. The minimum absolute atomic E-state index is 0.0766. The van der Waals surface area contributed by atoms with Gasteiger partial charge in [-0.15, -0.1) is 0 Å². The highest BCUT2D eigenvalue weighted by Gasteiger charge is 2.41. The molecule has 2 heterocycles. The number of hydrogen-bond donors (Lipinski definition) is 0. The Kier molecular flexibility index (Phi) is 5.87. The number of fused-ring (bicyclic) bond motifs is 2. The number of imide groups is 2. The predicted octanol–water partition coefficient (Wildman–Crippen LogP) is 9.12. The van der Waals surface area contributed by atoms with Crippen molar-refractivity contribution in [3.05, 3.63) is 67.6 Å². The van der Waals surface area contributed by atoms with Crippen molar-refractivity contribution < 1.29 is 19.2 Å². The zero-order chi connectivity index (χ0) is 30.0. The van der Waals surface area contributed by atoms with Crippen LogP contribution in [-0.2, 0) is 0 Å². The van der Waals surface area contributed by atoms with E-state index >= 15 is 0 Å². The molecule has 4 aliphatic rings. The van der Waals surface area contributed by atoms with Gasteiger partial charge < -0.3 is 0 Å². The molecule has 9 rings (SSSR count). The van der Waals surface area contributed by atoms with Gasteiger partial charge >= 0.3 is 0 Å². The summed E-state index contributed by atoms with van der Waals surface area (Å²) in [6.07, 6.45) is 9.73. The van der Waals surface area contributed by atoms with E-state index in [2.05, 4.69) is 31.9 Å². The number of benzene rings is 5. The highest BCUT2D eigenvalue weighted by molar-refractivity contribution is 9.11. The Morgan fingerprint density at radius 1 is 0.455 bits per heavy atom. The second-order valence-corrected chi connectivity index (χ2v) is 14.6. The van der Waals surface area contributed by atoms with Crippen LogP contribution in [0.3, 0.4) is 0 Å². The zero-order valence-electron chi connectivity index (χ0n) is 24.0. The lowest BCUT2D eigenvalue weighted by Crippen LogP contribution is -2.48. The zero-order valence-corrected chi connectivity index (χ0v) is 27.1. The molecule has 5 aromatic rings. The Bertz CT molecular complexity index is 2010. The van der Waals surface area contributed by atoms with Crippen LogP contribution in [0.2, 0.25) is 0 Å². The second kappa shape index (κ2) is 9.57. The van der Waals surface area contributed by atoms with Crippen molar-refractivity contribution in [2.24, 2.45) is 0 Å². The van der Waals surface area contributed by atoms with E-state index in [1.54, 1.807) is 0 Å². The number of carbonyl (C=O) groups is 4. The second-order valence-electron chi connectivity index (χ2n) is 12.9. The third-order valence-electron chi connectivity index (χ3n) is 10.7. The normalized spacial score (nSPS) is 20.0. The summed E-state index contributed by atoms with van der Waals surface area (Å²) in [4.78, 5) is 59.2. The lowest BCUT2D eigenvalue weighted by atomic mass is 9.81. The van der Waals surface area contributed by atoms with Crippen LogP contribution in [0.1, 0.15) is 106 Å². The molecular weight excluding hydrogens is 684 g/mol. The SMILES string of the molecule is O=C1c2ccc3c4c(Br)cc5c6c(ccc(c7c(Br)cc(c2c37)C(=O)N1C1CCCCC1)c64)C(=O)N(C1CCCCC1)C5=O. The fourth-order valence-electron chi connectivity index (χ4n) is 8.75. The number of rotatable bonds is 2. The third kappa shape index (κ3) is 3.41. The van der Waals surface area contributed by atoms with Crippen molar-refractivity contribution in [3.8, 4) is 0 Å². The summed E-state index contributed by atoms with van der Waals surface area (Å²) < 4.78 is 1.51. The largest absolute Gasteiger partial charge is 0.271 e. The van der Waals surface area contributed by atoms with Crippen molar-refractivity contribution in [3.63, 3.8) is 0 Å². The van der Waals surface area contributed by atoms with Gasteiger partial charge in [0.15, 0.2) is 0 Å². The molecule has 0 aromatic heterocycles. The van der Waals surface area contributed by atoms with Crippen molar-refractivity contribution >= 4 is 98.6 Å². The van der Waals surface area contributed by atoms with Gasteiger partial charge in [0.05, 0.1) is 0 Å². The summed E-state index contributed by atoms with van der Waals surface area (Å²) in [5.41, 5.74) is 2.18. The molecule has 2 aliphatic heterocycles. The van der Waals surface area contributed by atoms with E-state index in [9.17, 15) is 19.2 Å². The number of carbonyl (C=O) groups excluding carboxylic acids is 4. The molecule has 4 amide bonds. The predicted molar refractivity (Wildman–Crippen MR) is 178 cm³/mol. The quantitative estimate of drug-likeness (QED) is 0.104. The van der Waals surface area contributed by atoms with Crippen LogP contribution >= 0.6 is 31.9 Å². The molecule has 0 spiro atoms. The summed E-state index contributed by atoms with van der Waals surface area (Å²) in [6, 6.07) is 11.2. The fourth-order valence-corrected chi connectivity index (χ4v) is 10.0. The molecule has 2 saturated carbocycles. The molecule has 44 heavy (non-hydrogen) atoms. The fraction of sp³-hybridized carbons (Fsp3) is 0.333. The number of hydrogen-bond acceptors (Lipinski definition) is 4. The Morgan fingerprint density at radius 2 is 0.818 bits per heavy atom. The minimum Gasteiger partial charge on any atom is -0.271 e. The van der Waals surface area contributed by atoms with Gasteiger partial charge in [-0.3, -0.25) is 29.0 Å². The van der Waals surface area contributed by atoms with Crippen LogP contribution in [0.5, 0.6) is 0 Å². The molecule has 0 atom stereocenters. The molecule has 2 fully saturated rings. The Morgan fingerprint density at radius 3 is 1.20 bits per heavy atom. The maximum Gasteiger partial charge on any atom is 0.261 e. The van der Waals surface area contributed by atoms with E-state index in [1.165, 1.54) is 9.80 Å². The van der Waals surface area contributed by atoms with Crippen LogP contribution in [0.25, 0.3) is 43.1 Å². The smallest absolute Gasteiger partial charge is 0.261 e. The first-order valence-electron chi connectivity index (χ1n) is 15.7. The van der Waals surface area contributed by atoms with E-state index in [4.69, 9.17) is 0 Å². The molecule has 6 nitrogen and oxygen atoms in total. The van der Waals surface area contributed by atoms with Gasteiger partial charge in [0.1, 0.15) is 0 Å². The summed E-state index contributed by atoms with van der Waals surface area (Å²) in [6.45, 7) is 0. The van der Waals surface area contributed by atoms with Gasteiger partial charge in [0, 0.05) is 75.6 Å². The number of amides is 4. The van der Waals surface area contributed by atoms with E-state index in [1.807, 2.05) is 36.4 Å². The molecule has 2 aliphatic carbocycles. The van der Waals surface area contributed by atoms with Gasteiger partial charge in [-0.2, -0.15) is 0 Å². The number of halogens is 2. The average Bonchev–Trinajstić information content (AvgIpc) is 3.04. The molecule has 0 unspecified atom stereocenters. The van der Waals surface area contributed by atoms with Crippen LogP contribution < -0.4 is 0 Å². The van der Waals surface area contributed by atoms with Gasteiger partial charge in [-0.25, -0.2) is 0 Å². The first-order chi connectivity index (χ1) is 21.4. The first-order valence-corrected chi connectivity index (χ1v) is 17.3. The summed E-state index contributed by atoms with van der Waals surface area (Å²) in [5, 5.41) is 6.59.